The predicted octanol–water partition coefficient (Wildman–Crippen LogP) is 1.92. The van der Waals surface area contributed by atoms with E-state index in [-0.39, 0.29) is 23.6 Å². The maximum atomic E-state index is 13.4. The first-order chi connectivity index (χ1) is 16.9. The van der Waals surface area contributed by atoms with Crippen LogP contribution in [-0.4, -0.2) is 31.4 Å². The van der Waals surface area contributed by atoms with Gasteiger partial charge in [0.15, 0.2) is 0 Å². The third kappa shape index (κ3) is 4.32. The summed E-state index contributed by atoms with van der Waals surface area (Å²) in [7, 11) is 3.13. The SMILES string of the molecule is CCOC(=O)C1=c2sc(=Cc3ccc(OC)cc3)c(=O)n2C(N)=C(C#N)C1c1ccc(OC)cc1. The summed E-state index contributed by atoms with van der Waals surface area (Å²) in [4.78, 5) is 26.6. The second-order valence-electron chi connectivity index (χ2n) is 7.58. The number of hydrogen-bond acceptors (Lipinski definition) is 8. The van der Waals surface area contributed by atoms with Gasteiger partial charge in [0.1, 0.15) is 22.0 Å². The fraction of sp³-hybridized carbons (Fsp3) is 0.192. The van der Waals surface area contributed by atoms with Gasteiger partial charge in [0.25, 0.3) is 5.56 Å². The van der Waals surface area contributed by atoms with Crippen molar-refractivity contribution in [2.75, 3.05) is 20.8 Å². The topological polar surface area (TPSA) is 117 Å². The molecule has 0 spiro atoms. The number of hydrogen-bond donors (Lipinski definition) is 1. The van der Waals surface area contributed by atoms with Crippen LogP contribution in [0.4, 0.5) is 0 Å². The molecule has 8 nitrogen and oxygen atoms in total. The fourth-order valence-corrected chi connectivity index (χ4v) is 5.10. The highest BCUT2D eigenvalue weighted by Crippen LogP contribution is 2.37. The Morgan fingerprint density at radius 1 is 1.11 bits per heavy atom. The standard InChI is InChI=1S/C26H23N3O5S/c1-4-34-26(31)22-21(16-7-11-18(33-3)12-8-16)19(14-27)23(28)29-24(30)20(35-25(22)29)13-15-5-9-17(32-2)10-6-15/h5-13,21H,4,28H2,1-3H3. The molecule has 2 heterocycles. The number of fused-ring (bicyclic) bond motifs is 1. The van der Waals surface area contributed by atoms with Crippen LogP contribution < -0.4 is 30.0 Å². The van der Waals surface area contributed by atoms with Gasteiger partial charge >= 0.3 is 5.97 Å². The molecule has 0 radical (unpaired) electrons. The van der Waals surface area contributed by atoms with E-state index in [4.69, 9.17) is 19.9 Å². The quantitative estimate of drug-likeness (QED) is 0.526. The van der Waals surface area contributed by atoms with Crippen LogP contribution in [0.15, 0.2) is 58.9 Å². The number of thiazole rings is 1. The lowest BCUT2D eigenvalue weighted by Gasteiger charge is -2.24. The fourth-order valence-electron chi connectivity index (χ4n) is 3.93. The van der Waals surface area contributed by atoms with Crippen molar-refractivity contribution in [1.82, 2.24) is 4.57 Å². The van der Waals surface area contributed by atoms with Crippen molar-refractivity contribution >= 4 is 34.8 Å². The van der Waals surface area contributed by atoms with Crippen LogP contribution in [0.5, 0.6) is 11.5 Å². The number of esters is 1. The molecule has 1 aromatic heterocycles. The second-order valence-corrected chi connectivity index (χ2v) is 8.61. The van der Waals surface area contributed by atoms with Gasteiger partial charge in [0.2, 0.25) is 0 Å². The molecule has 3 aromatic rings. The second kappa shape index (κ2) is 9.91. The number of nitriles is 1. The maximum Gasteiger partial charge on any atom is 0.338 e. The Bertz CT molecular complexity index is 1520. The maximum absolute atomic E-state index is 13.4. The van der Waals surface area contributed by atoms with Gasteiger partial charge in [-0.1, -0.05) is 24.3 Å². The molecule has 0 saturated carbocycles. The first-order valence-corrected chi connectivity index (χ1v) is 11.6. The van der Waals surface area contributed by atoms with Gasteiger partial charge in [-0.05, 0) is 48.4 Å². The van der Waals surface area contributed by atoms with Crippen LogP contribution in [0.2, 0.25) is 0 Å². The molecule has 2 aromatic carbocycles. The van der Waals surface area contributed by atoms with E-state index in [2.05, 4.69) is 6.07 Å². The zero-order valence-corrected chi connectivity index (χ0v) is 20.2. The van der Waals surface area contributed by atoms with Crippen molar-refractivity contribution in [3.8, 4) is 17.6 Å². The molecule has 0 fully saturated rings. The molecule has 178 valence electrons. The summed E-state index contributed by atoms with van der Waals surface area (Å²) in [6, 6.07) is 16.3. The van der Waals surface area contributed by atoms with Crippen LogP contribution >= 0.6 is 11.3 Å². The van der Waals surface area contributed by atoms with E-state index < -0.39 is 17.4 Å². The number of nitrogens with two attached hydrogens (primary N) is 1. The van der Waals surface area contributed by atoms with Crippen LogP contribution in [-0.2, 0) is 9.53 Å². The average molecular weight is 490 g/mol. The molecule has 2 N–H and O–H groups in total. The molecule has 35 heavy (non-hydrogen) atoms. The third-order valence-electron chi connectivity index (χ3n) is 5.63. The number of nitrogens with zero attached hydrogens (tertiary/aromatic N) is 2. The van der Waals surface area contributed by atoms with E-state index in [1.807, 2.05) is 12.1 Å². The molecule has 0 bridgehead atoms. The van der Waals surface area contributed by atoms with Crippen LogP contribution in [0.3, 0.4) is 0 Å². The van der Waals surface area contributed by atoms with Gasteiger partial charge in [0, 0.05) is 0 Å². The Labute approximate surface area is 205 Å². The highest BCUT2D eigenvalue weighted by Gasteiger charge is 2.36. The van der Waals surface area contributed by atoms with E-state index in [0.29, 0.717) is 26.3 Å². The summed E-state index contributed by atoms with van der Waals surface area (Å²) in [5, 5.41) is 10.0. The summed E-state index contributed by atoms with van der Waals surface area (Å²) in [5.41, 5.74) is 7.68. The Balaban J connectivity index is 2.03. The average Bonchev–Trinajstić information content (AvgIpc) is 3.20. The van der Waals surface area contributed by atoms with Crippen LogP contribution in [0.1, 0.15) is 24.0 Å². The minimum Gasteiger partial charge on any atom is -0.497 e. The molecule has 1 atom stereocenters. The molecule has 0 amide bonds. The Kier molecular flexibility index (Phi) is 6.75. The number of benzene rings is 2. The minimum atomic E-state index is -0.795. The molecule has 1 aliphatic heterocycles. The zero-order valence-electron chi connectivity index (χ0n) is 19.4. The molecular formula is C26H23N3O5S. The Morgan fingerprint density at radius 2 is 1.71 bits per heavy atom. The molecule has 1 unspecified atom stereocenters. The smallest absolute Gasteiger partial charge is 0.338 e. The van der Waals surface area contributed by atoms with E-state index in [1.54, 1.807) is 63.6 Å². The number of aromatic nitrogens is 1. The zero-order chi connectivity index (χ0) is 25.1. The predicted molar refractivity (Wildman–Crippen MR) is 133 cm³/mol. The first-order valence-electron chi connectivity index (χ1n) is 10.8. The van der Waals surface area contributed by atoms with E-state index in [9.17, 15) is 14.9 Å². The Hall–Kier alpha value is -4.29. The van der Waals surface area contributed by atoms with Gasteiger partial charge in [-0.3, -0.25) is 9.36 Å². The summed E-state index contributed by atoms with van der Waals surface area (Å²) in [6.45, 7) is 1.84. The van der Waals surface area contributed by atoms with Gasteiger partial charge < -0.3 is 19.9 Å². The summed E-state index contributed by atoms with van der Waals surface area (Å²) in [6.07, 6.45) is 1.71. The molecule has 9 heteroatoms. The van der Waals surface area contributed by atoms with Crippen molar-refractivity contribution in [2.45, 2.75) is 12.8 Å². The molecule has 0 saturated heterocycles. The first kappa shape index (κ1) is 23.9. The van der Waals surface area contributed by atoms with Gasteiger partial charge in [-0.15, -0.1) is 11.3 Å². The lowest BCUT2D eigenvalue weighted by Crippen LogP contribution is -2.40. The molecule has 1 aliphatic rings. The normalized spacial score (nSPS) is 15.4. The van der Waals surface area contributed by atoms with Crippen molar-refractivity contribution < 1.29 is 19.0 Å². The van der Waals surface area contributed by atoms with Crippen molar-refractivity contribution in [2.24, 2.45) is 5.73 Å². The number of methoxy groups -OCH3 is 2. The van der Waals surface area contributed by atoms with E-state index in [0.717, 1.165) is 16.9 Å². The highest BCUT2D eigenvalue weighted by molar-refractivity contribution is 7.07. The molecule has 0 aliphatic carbocycles. The molecule has 4 rings (SSSR count). The summed E-state index contributed by atoms with van der Waals surface area (Å²) in [5.74, 6) is -0.0963. The number of allylic oxidation sites excluding steroid dienone is 1. The number of ether oxygens (including phenoxy) is 3. The van der Waals surface area contributed by atoms with E-state index in [1.165, 1.54) is 4.57 Å². The largest absolute Gasteiger partial charge is 0.497 e. The highest BCUT2D eigenvalue weighted by atomic mass is 32.1. The Morgan fingerprint density at radius 3 is 2.26 bits per heavy atom. The van der Waals surface area contributed by atoms with Crippen LogP contribution in [0.25, 0.3) is 17.5 Å². The number of carbonyl (C=O) groups excluding carboxylic acids is 1. The summed E-state index contributed by atoms with van der Waals surface area (Å²) < 4.78 is 17.7. The van der Waals surface area contributed by atoms with Crippen molar-refractivity contribution in [3.05, 3.63) is 84.8 Å². The van der Waals surface area contributed by atoms with Gasteiger partial charge in [-0.2, -0.15) is 5.26 Å². The minimum absolute atomic E-state index is 0.00741. The van der Waals surface area contributed by atoms with Gasteiger partial charge in [0.05, 0.1) is 48.5 Å². The molecular weight excluding hydrogens is 466 g/mol. The van der Waals surface area contributed by atoms with Gasteiger partial charge in [-0.25, -0.2) is 4.79 Å². The monoisotopic (exact) mass is 489 g/mol. The third-order valence-corrected chi connectivity index (χ3v) is 6.73. The summed E-state index contributed by atoms with van der Waals surface area (Å²) >= 11 is 1.13. The number of carbonyl (C=O) groups is 1. The lowest BCUT2D eigenvalue weighted by molar-refractivity contribution is -0.136. The van der Waals surface area contributed by atoms with Crippen molar-refractivity contribution in [3.63, 3.8) is 0 Å². The lowest BCUT2D eigenvalue weighted by atomic mass is 9.84. The van der Waals surface area contributed by atoms with Crippen molar-refractivity contribution in [1.29, 1.82) is 5.26 Å². The number of rotatable bonds is 6. The van der Waals surface area contributed by atoms with Crippen LogP contribution in [0, 0.1) is 11.3 Å². The van der Waals surface area contributed by atoms with E-state index >= 15 is 0 Å².